The van der Waals surface area contributed by atoms with Crippen LogP contribution in [0, 0.1) is 5.92 Å². The van der Waals surface area contributed by atoms with Crippen molar-refractivity contribution in [3.05, 3.63) is 52.5 Å². The molecule has 1 unspecified atom stereocenters. The molecule has 0 bridgehead atoms. The van der Waals surface area contributed by atoms with Gasteiger partial charge < -0.3 is 19.6 Å². The van der Waals surface area contributed by atoms with Gasteiger partial charge in [0.2, 0.25) is 5.91 Å². The lowest BCUT2D eigenvalue weighted by atomic mass is 9.91. The van der Waals surface area contributed by atoms with Crippen molar-refractivity contribution in [1.29, 1.82) is 0 Å². The number of rotatable bonds is 15. The molecule has 1 aromatic heterocycles. The van der Waals surface area contributed by atoms with Crippen molar-refractivity contribution >= 4 is 23.4 Å². The third-order valence-electron chi connectivity index (χ3n) is 9.58. The summed E-state index contributed by atoms with van der Waals surface area (Å²) >= 11 is 6.29. The van der Waals surface area contributed by atoms with E-state index in [2.05, 4.69) is 27.4 Å². The molecule has 46 heavy (non-hydrogen) atoms. The number of carbonyl (C=O) groups excluding carboxylic acids is 2. The van der Waals surface area contributed by atoms with Crippen LogP contribution in [-0.2, 0) is 28.9 Å². The van der Waals surface area contributed by atoms with Gasteiger partial charge in [0.25, 0.3) is 5.91 Å². The second-order valence-corrected chi connectivity index (χ2v) is 13.7. The van der Waals surface area contributed by atoms with Crippen molar-refractivity contribution in [3.63, 3.8) is 0 Å². The predicted molar refractivity (Wildman–Crippen MR) is 187 cm³/mol. The molecule has 2 heterocycles. The Balaban J connectivity index is 0.00000185. The van der Waals surface area contributed by atoms with Crippen molar-refractivity contribution < 1.29 is 19.4 Å². The molecule has 0 aromatic carbocycles. The summed E-state index contributed by atoms with van der Waals surface area (Å²) in [5.41, 5.74) is 2.53. The Bertz CT molecular complexity index is 1210. The van der Waals surface area contributed by atoms with Crippen LogP contribution in [-0.4, -0.2) is 74.4 Å². The summed E-state index contributed by atoms with van der Waals surface area (Å²) in [6, 6.07) is 0. The molecule has 0 radical (unpaired) electrons. The minimum absolute atomic E-state index is 0.00220. The highest BCUT2D eigenvalue weighted by atomic mass is 35.5. The molecule has 1 aliphatic heterocycles. The Labute approximate surface area is 282 Å². The number of nitrogens with zero attached hydrogens (tertiary/aromatic N) is 4. The number of allylic oxidation sites excluding steroid dienone is 4. The number of piperidine rings is 1. The average molecular weight is 659 g/mol. The number of ether oxygens (including phenoxy) is 1. The van der Waals surface area contributed by atoms with Gasteiger partial charge in [-0.2, -0.15) is 5.10 Å². The molecule has 1 aromatic rings. The van der Waals surface area contributed by atoms with E-state index in [1.54, 1.807) is 6.08 Å². The zero-order valence-electron chi connectivity index (χ0n) is 29.2. The van der Waals surface area contributed by atoms with Gasteiger partial charge in [-0.25, -0.2) is 0 Å². The first-order valence-corrected chi connectivity index (χ1v) is 18.2. The standard InChI is InChI=1S/C34H51ClN4O4.C3H8/c1-5-7-13-29(35)26(4)43-25(3)15-22-38(34(6-2)18-19-34)31(41)24-39-30-14-9-8-12-28(30)32(36-39)33(42)37-20-16-27(17-21-37)11-10-23-40;1-3-2/h5,7,13,25,27,40H,4,6,8-12,14-24H2,1-3H3;3H2,1-2H3/b7-5-,29-13+;. The lowest BCUT2D eigenvalue weighted by molar-refractivity contribution is -0.135. The molecule has 1 saturated carbocycles. The van der Waals surface area contributed by atoms with E-state index in [4.69, 9.17) is 26.5 Å². The average Bonchev–Trinajstić information content (AvgIpc) is 3.77. The SMILES string of the molecule is C=C(OC(C)CCN(C(=O)Cn1nc(C(=O)N2CCC(CCCO)CC2)c2c1CCCC2)C1(CC)CC1)/C(Cl)=C\C=C/C.CCC. The second kappa shape index (κ2) is 18.7. The summed E-state index contributed by atoms with van der Waals surface area (Å²) in [7, 11) is 0. The van der Waals surface area contributed by atoms with Crippen LogP contribution in [0.4, 0.5) is 0 Å². The normalized spacial score (nSPS) is 18.4. The molecule has 258 valence electrons. The molecule has 3 aliphatic rings. The van der Waals surface area contributed by atoms with E-state index in [1.165, 1.54) is 6.42 Å². The Morgan fingerprint density at radius 3 is 2.48 bits per heavy atom. The number of halogens is 1. The number of carbonyl (C=O) groups is 2. The van der Waals surface area contributed by atoms with Gasteiger partial charge in [0.05, 0.1) is 11.1 Å². The van der Waals surface area contributed by atoms with Gasteiger partial charge in [0.15, 0.2) is 5.69 Å². The zero-order chi connectivity index (χ0) is 33.7. The van der Waals surface area contributed by atoms with Gasteiger partial charge in [-0.3, -0.25) is 14.3 Å². The molecule has 2 fully saturated rings. The lowest BCUT2D eigenvalue weighted by Gasteiger charge is -2.33. The summed E-state index contributed by atoms with van der Waals surface area (Å²) in [4.78, 5) is 31.6. The van der Waals surface area contributed by atoms with Gasteiger partial charge in [-0.05, 0) is 96.5 Å². The molecule has 9 heteroatoms. The maximum atomic E-state index is 14.0. The quantitative estimate of drug-likeness (QED) is 0.155. The molecular formula is C37H59ClN4O4. The van der Waals surface area contributed by atoms with E-state index in [9.17, 15) is 9.59 Å². The van der Waals surface area contributed by atoms with Crippen LogP contribution in [0.25, 0.3) is 0 Å². The minimum atomic E-state index is -0.155. The summed E-state index contributed by atoms with van der Waals surface area (Å²) in [5.74, 6) is 1.05. The van der Waals surface area contributed by atoms with Gasteiger partial charge in [0, 0.05) is 49.5 Å². The number of hydrogen-bond donors (Lipinski definition) is 1. The number of fused-ring (bicyclic) bond motifs is 1. The Morgan fingerprint density at radius 2 is 1.87 bits per heavy atom. The number of likely N-dealkylation sites (tertiary alicyclic amines) is 1. The predicted octanol–water partition coefficient (Wildman–Crippen LogP) is 7.58. The van der Waals surface area contributed by atoms with E-state index < -0.39 is 0 Å². The Hall–Kier alpha value is -2.58. The third kappa shape index (κ3) is 10.2. The zero-order valence-corrected chi connectivity index (χ0v) is 29.9. The van der Waals surface area contributed by atoms with E-state index in [-0.39, 0.29) is 36.6 Å². The van der Waals surface area contributed by atoms with Crippen LogP contribution >= 0.6 is 11.6 Å². The monoisotopic (exact) mass is 658 g/mol. The maximum absolute atomic E-state index is 14.0. The van der Waals surface area contributed by atoms with Crippen molar-refractivity contribution in [2.24, 2.45) is 5.92 Å². The van der Waals surface area contributed by atoms with Crippen molar-refractivity contribution in [2.45, 2.75) is 136 Å². The number of aliphatic hydroxyl groups excluding tert-OH is 1. The van der Waals surface area contributed by atoms with Crippen LogP contribution in [0.15, 0.2) is 35.6 Å². The number of amides is 2. The van der Waals surface area contributed by atoms with Crippen LogP contribution in [0.1, 0.15) is 127 Å². The van der Waals surface area contributed by atoms with E-state index in [0.717, 1.165) is 95.0 Å². The lowest BCUT2D eigenvalue weighted by Crippen LogP contribution is -2.45. The summed E-state index contributed by atoms with van der Waals surface area (Å²) in [6.45, 7) is 16.7. The maximum Gasteiger partial charge on any atom is 0.274 e. The van der Waals surface area contributed by atoms with Crippen LogP contribution in [0.2, 0.25) is 0 Å². The van der Waals surface area contributed by atoms with Crippen LogP contribution in [0.5, 0.6) is 0 Å². The number of hydrogen-bond acceptors (Lipinski definition) is 5. The highest BCUT2D eigenvalue weighted by molar-refractivity contribution is 6.31. The number of aliphatic hydroxyl groups is 1. The molecular weight excluding hydrogens is 600 g/mol. The number of aromatic nitrogens is 2. The van der Waals surface area contributed by atoms with Crippen molar-refractivity contribution in [1.82, 2.24) is 19.6 Å². The fourth-order valence-electron chi connectivity index (χ4n) is 6.67. The molecule has 1 N–H and O–H groups in total. The summed E-state index contributed by atoms with van der Waals surface area (Å²) in [5, 5.41) is 14.5. The van der Waals surface area contributed by atoms with Gasteiger partial charge in [-0.1, -0.05) is 57.5 Å². The molecule has 2 aliphatic carbocycles. The minimum Gasteiger partial charge on any atom is -0.490 e. The van der Waals surface area contributed by atoms with Crippen molar-refractivity contribution in [3.8, 4) is 0 Å². The van der Waals surface area contributed by atoms with E-state index >= 15 is 0 Å². The molecule has 0 spiro atoms. The fraction of sp³-hybridized carbons (Fsp3) is 0.703. The van der Waals surface area contributed by atoms with E-state index in [0.29, 0.717) is 35.4 Å². The van der Waals surface area contributed by atoms with E-state index in [1.807, 2.05) is 40.5 Å². The Kier molecular flexibility index (Phi) is 15.4. The topological polar surface area (TPSA) is 87.9 Å². The highest BCUT2D eigenvalue weighted by Gasteiger charge is 2.48. The smallest absolute Gasteiger partial charge is 0.274 e. The first kappa shape index (κ1) is 37.9. The van der Waals surface area contributed by atoms with Crippen molar-refractivity contribution in [2.75, 3.05) is 26.2 Å². The highest BCUT2D eigenvalue weighted by Crippen LogP contribution is 2.45. The summed E-state index contributed by atoms with van der Waals surface area (Å²) in [6.07, 6.45) is 17.7. The van der Waals surface area contributed by atoms with Crippen LogP contribution in [0.3, 0.4) is 0 Å². The fourth-order valence-corrected chi connectivity index (χ4v) is 6.79. The molecule has 4 rings (SSSR count). The third-order valence-corrected chi connectivity index (χ3v) is 9.92. The molecule has 1 saturated heterocycles. The first-order chi connectivity index (χ1) is 22.1. The van der Waals surface area contributed by atoms with Gasteiger partial charge in [0.1, 0.15) is 12.3 Å². The first-order valence-electron chi connectivity index (χ1n) is 17.8. The van der Waals surface area contributed by atoms with Crippen LogP contribution < -0.4 is 0 Å². The van der Waals surface area contributed by atoms with Gasteiger partial charge >= 0.3 is 0 Å². The largest absolute Gasteiger partial charge is 0.490 e. The molecule has 8 nitrogen and oxygen atoms in total. The van der Waals surface area contributed by atoms with Gasteiger partial charge in [-0.15, -0.1) is 0 Å². The molecule has 2 amide bonds. The summed E-state index contributed by atoms with van der Waals surface area (Å²) < 4.78 is 7.81. The Morgan fingerprint density at radius 1 is 1.20 bits per heavy atom. The second-order valence-electron chi connectivity index (χ2n) is 13.3. The molecule has 1 atom stereocenters.